The van der Waals surface area contributed by atoms with Crippen molar-refractivity contribution >= 4 is 39.9 Å². The summed E-state index contributed by atoms with van der Waals surface area (Å²) in [5.41, 5.74) is 3.45. The van der Waals surface area contributed by atoms with Crippen LogP contribution in [0.15, 0.2) is 45.6 Å². The molecule has 32 heavy (non-hydrogen) atoms. The van der Waals surface area contributed by atoms with Crippen molar-refractivity contribution in [2.75, 3.05) is 44.2 Å². The number of hydrogen-bond donors (Lipinski definition) is 0. The van der Waals surface area contributed by atoms with Crippen LogP contribution in [-0.4, -0.2) is 44.2 Å². The standard InChI is InChI=1S/C25H26Cl2N2O3/c26-21-6-2-7-22(24(21)27)29-13-11-28(12-14-29)10-3-15-31-17-8-9-19-18-4-1-5-20(18)25(30)32-23(19)16-17/h2,6-9,16H,1,3-5,10-15H2. The molecule has 5 nitrogen and oxygen atoms in total. The van der Waals surface area contributed by atoms with Crippen LogP contribution in [0.4, 0.5) is 5.69 Å². The first-order chi connectivity index (χ1) is 15.6. The second-order valence-electron chi connectivity index (χ2n) is 8.46. The Morgan fingerprint density at radius 3 is 2.66 bits per heavy atom. The van der Waals surface area contributed by atoms with E-state index in [9.17, 15) is 4.79 Å². The summed E-state index contributed by atoms with van der Waals surface area (Å²) >= 11 is 12.5. The van der Waals surface area contributed by atoms with Gasteiger partial charge in [-0.05, 0) is 55.5 Å². The summed E-state index contributed by atoms with van der Waals surface area (Å²) in [5, 5.41) is 2.27. The summed E-state index contributed by atoms with van der Waals surface area (Å²) in [6, 6.07) is 11.6. The number of halogens is 2. The van der Waals surface area contributed by atoms with Crippen molar-refractivity contribution in [2.45, 2.75) is 25.7 Å². The number of anilines is 1. The van der Waals surface area contributed by atoms with Crippen LogP contribution in [0.1, 0.15) is 24.0 Å². The molecule has 1 fully saturated rings. The van der Waals surface area contributed by atoms with Gasteiger partial charge in [-0.2, -0.15) is 0 Å². The Balaban J connectivity index is 1.11. The topological polar surface area (TPSA) is 45.9 Å². The van der Waals surface area contributed by atoms with E-state index in [2.05, 4.69) is 9.80 Å². The number of rotatable bonds is 6. The van der Waals surface area contributed by atoms with Gasteiger partial charge in [0.1, 0.15) is 11.3 Å². The third kappa shape index (κ3) is 4.34. The molecule has 0 saturated carbocycles. The molecule has 2 aromatic carbocycles. The highest BCUT2D eigenvalue weighted by atomic mass is 35.5. The number of hydrogen-bond acceptors (Lipinski definition) is 5. The first-order valence-corrected chi connectivity index (χ1v) is 12.0. The van der Waals surface area contributed by atoms with E-state index in [-0.39, 0.29) is 5.63 Å². The lowest BCUT2D eigenvalue weighted by Gasteiger charge is -2.36. The van der Waals surface area contributed by atoms with Crippen LogP contribution in [-0.2, 0) is 12.8 Å². The zero-order chi connectivity index (χ0) is 22.1. The highest BCUT2D eigenvalue weighted by molar-refractivity contribution is 6.43. The first kappa shape index (κ1) is 21.6. The quantitative estimate of drug-likeness (QED) is 0.365. The Morgan fingerprint density at radius 1 is 1.00 bits per heavy atom. The van der Waals surface area contributed by atoms with Gasteiger partial charge in [0, 0.05) is 49.7 Å². The average molecular weight is 473 g/mol. The van der Waals surface area contributed by atoms with E-state index in [0.29, 0.717) is 22.2 Å². The van der Waals surface area contributed by atoms with E-state index in [0.717, 1.165) is 86.4 Å². The minimum atomic E-state index is -0.194. The van der Waals surface area contributed by atoms with Gasteiger partial charge < -0.3 is 14.1 Å². The molecule has 5 rings (SSSR count). The van der Waals surface area contributed by atoms with Crippen molar-refractivity contribution < 1.29 is 9.15 Å². The molecule has 0 atom stereocenters. The fourth-order valence-electron chi connectivity index (χ4n) is 4.78. The molecule has 0 N–H and O–H groups in total. The number of aryl methyl sites for hydroxylation is 1. The molecule has 0 unspecified atom stereocenters. The van der Waals surface area contributed by atoms with Gasteiger partial charge in [-0.25, -0.2) is 4.79 Å². The van der Waals surface area contributed by atoms with Crippen molar-refractivity contribution in [2.24, 2.45) is 0 Å². The maximum absolute atomic E-state index is 12.2. The molecule has 7 heteroatoms. The lowest BCUT2D eigenvalue weighted by atomic mass is 10.1. The molecular weight excluding hydrogens is 447 g/mol. The molecule has 1 aromatic heterocycles. The number of benzene rings is 2. The molecule has 3 aromatic rings. The van der Waals surface area contributed by atoms with Crippen molar-refractivity contribution in [1.29, 1.82) is 0 Å². The summed E-state index contributed by atoms with van der Waals surface area (Å²) in [6.07, 6.45) is 3.74. The minimum Gasteiger partial charge on any atom is -0.493 e. The second-order valence-corrected chi connectivity index (χ2v) is 9.25. The number of fused-ring (bicyclic) bond motifs is 3. The molecule has 0 radical (unpaired) electrons. The molecule has 168 valence electrons. The van der Waals surface area contributed by atoms with E-state index < -0.39 is 0 Å². The van der Waals surface area contributed by atoms with Gasteiger partial charge >= 0.3 is 5.63 Å². The second kappa shape index (κ2) is 9.34. The number of piperazine rings is 1. The van der Waals surface area contributed by atoms with Crippen LogP contribution in [0, 0.1) is 0 Å². The fourth-order valence-corrected chi connectivity index (χ4v) is 5.20. The van der Waals surface area contributed by atoms with Crippen LogP contribution in [0.5, 0.6) is 5.75 Å². The maximum atomic E-state index is 12.2. The lowest BCUT2D eigenvalue weighted by molar-refractivity contribution is 0.225. The Bertz CT molecular complexity index is 1190. The van der Waals surface area contributed by atoms with Crippen molar-refractivity contribution in [1.82, 2.24) is 4.90 Å². The summed E-state index contributed by atoms with van der Waals surface area (Å²) < 4.78 is 11.5. The highest BCUT2D eigenvalue weighted by Crippen LogP contribution is 2.33. The molecule has 1 aliphatic carbocycles. The fraction of sp³-hybridized carbons (Fsp3) is 0.400. The predicted octanol–water partition coefficient (Wildman–Crippen LogP) is 5.18. The zero-order valence-electron chi connectivity index (χ0n) is 17.9. The molecule has 0 spiro atoms. The largest absolute Gasteiger partial charge is 0.493 e. The van der Waals surface area contributed by atoms with Gasteiger partial charge in [-0.3, -0.25) is 4.90 Å². The average Bonchev–Trinajstić information content (AvgIpc) is 3.30. The summed E-state index contributed by atoms with van der Waals surface area (Å²) in [4.78, 5) is 16.9. The summed E-state index contributed by atoms with van der Waals surface area (Å²) in [6.45, 7) is 5.42. The monoisotopic (exact) mass is 472 g/mol. The predicted molar refractivity (Wildman–Crippen MR) is 130 cm³/mol. The summed E-state index contributed by atoms with van der Waals surface area (Å²) in [7, 11) is 0. The molecule has 2 aliphatic rings. The van der Waals surface area contributed by atoms with E-state index in [1.54, 1.807) is 0 Å². The third-order valence-corrected chi connectivity index (χ3v) is 7.29. The zero-order valence-corrected chi connectivity index (χ0v) is 19.4. The number of nitrogens with zero attached hydrogens (tertiary/aromatic N) is 2. The minimum absolute atomic E-state index is 0.194. The van der Waals surface area contributed by atoms with Crippen molar-refractivity contribution in [3.8, 4) is 5.75 Å². The van der Waals surface area contributed by atoms with Gasteiger partial charge in [0.05, 0.1) is 22.3 Å². The van der Waals surface area contributed by atoms with Crippen molar-refractivity contribution in [3.63, 3.8) is 0 Å². The molecule has 0 amide bonds. The Morgan fingerprint density at radius 2 is 1.81 bits per heavy atom. The van der Waals surface area contributed by atoms with Crippen LogP contribution >= 0.6 is 23.2 Å². The SMILES string of the molecule is O=c1oc2cc(OCCCN3CCN(c4cccc(Cl)c4Cl)CC3)ccc2c2c1CCC2. The van der Waals surface area contributed by atoms with Gasteiger partial charge in [-0.15, -0.1) is 0 Å². The van der Waals surface area contributed by atoms with Gasteiger partial charge in [-0.1, -0.05) is 29.3 Å². The van der Waals surface area contributed by atoms with Gasteiger partial charge in [0.2, 0.25) is 0 Å². The third-order valence-electron chi connectivity index (χ3n) is 6.48. The molecule has 1 aliphatic heterocycles. The van der Waals surface area contributed by atoms with E-state index in [1.807, 2.05) is 36.4 Å². The Kier molecular flexibility index (Phi) is 6.31. The van der Waals surface area contributed by atoms with Crippen LogP contribution in [0.25, 0.3) is 11.0 Å². The van der Waals surface area contributed by atoms with Crippen LogP contribution in [0.2, 0.25) is 10.0 Å². The van der Waals surface area contributed by atoms with Gasteiger partial charge in [0.15, 0.2) is 0 Å². The molecule has 2 heterocycles. The summed E-state index contributed by atoms with van der Waals surface area (Å²) in [5.74, 6) is 0.749. The normalized spacial score (nSPS) is 16.5. The smallest absolute Gasteiger partial charge is 0.339 e. The molecule has 0 bridgehead atoms. The highest BCUT2D eigenvalue weighted by Gasteiger charge is 2.21. The van der Waals surface area contributed by atoms with E-state index in [1.165, 1.54) is 0 Å². The van der Waals surface area contributed by atoms with E-state index >= 15 is 0 Å². The van der Waals surface area contributed by atoms with Crippen LogP contribution in [0.3, 0.4) is 0 Å². The Labute approximate surface area is 197 Å². The molecule has 1 saturated heterocycles. The first-order valence-electron chi connectivity index (χ1n) is 11.2. The molecular formula is C25H26Cl2N2O3. The number of ether oxygens (including phenoxy) is 1. The maximum Gasteiger partial charge on any atom is 0.339 e. The van der Waals surface area contributed by atoms with Crippen LogP contribution < -0.4 is 15.3 Å². The lowest BCUT2D eigenvalue weighted by Crippen LogP contribution is -2.46. The Hall–Kier alpha value is -2.21. The van der Waals surface area contributed by atoms with E-state index in [4.69, 9.17) is 32.4 Å². The van der Waals surface area contributed by atoms with Gasteiger partial charge in [0.25, 0.3) is 0 Å². The van der Waals surface area contributed by atoms with Crippen molar-refractivity contribution in [3.05, 3.63) is 68.0 Å².